The topological polar surface area (TPSA) is 26.3 Å². The summed E-state index contributed by atoms with van der Waals surface area (Å²) in [5, 5.41) is 2.41. The van der Waals surface area contributed by atoms with Crippen LogP contribution in [0.3, 0.4) is 0 Å². The van der Waals surface area contributed by atoms with Gasteiger partial charge in [0.05, 0.1) is 6.61 Å². The summed E-state index contributed by atoms with van der Waals surface area (Å²) >= 11 is 0. The van der Waals surface area contributed by atoms with Gasteiger partial charge in [-0.05, 0) is 59.4 Å². The maximum absolute atomic E-state index is 11.3. The van der Waals surface area contributed by atoms with Crippen LogP contribution in [0, 0.1) is 5.92 Å². The number of hydrogen-bond donors (Lipinski definition) is 0. The number of benzene rings is 3. The third kappa shape index (κ3) is 3.65. The lowest BCUT2D eigenvalue weighted by atomic mass is 9.90. The second-order valence-corrected chi connectivity index (χ2v) is 7.25. The van der Waals surface area contributed by atoms with Crippen molar-refractivity contribution in [2.45, 2.75) is 32.1 Å². The van der Waals surface area contributed by atoms with Crippen molar-refractivity contribution >= 4 is 17.1 Å². The maximum atomic E-state index is 11.3. The average Bonchev–Trinajstić information content (AvgIpc) is 2.72. The van der Waals surface area contributed by atoms with Crippen molar-refractivity contribution in [2.75, 3.05) is 6.61 Å². The van der Waals surface area contributed by atoms with Crippen LogP contribution < -0.4 is 4.74 Å². The Balaban J connectivity index is 1.66. The van der Waals surface area contributed by atoms with E-state index in [-0.39, 0.29) is 0 Å². The minimum Gasteiger partial charge on any atom is -0.493 e. The molecule has 0 atom stereocenters. The van der Waals surface area contributed by atoms with Crippen molar-refractivity contribution in [3.8, 4) is 16.9 Å². The number of aldehydes is 1. The number of carbonyl (C=O) groups excluding carboxylic acids is 1. The fraction of sp³-hybridized carbons (Fsp3) is 0.292. The molecule has 3 aromatic carbocycles. The molecule has 0 spiro atoms. The van der Waals surface area contributed by atoms with Crippen molar-refractivity contribution in [2.24, 2.45) is 5.92 Å². The molecule has 0 heterocycles. The third-order valence-electron chi connectivity index (χ3n) is 5.40. The summed E-state index contributed by atoms with van der Waals surface area (Å²) in [7, 11) is 0. The molecule has 1 fully saturated rings. The van der Waals surface area contributed by atoms with Crippen LogP contribution in [0.25, 0.3) is 21.9 Å². The van der Waals surface area contributed by atoms with E-state index >= 15 is 0 Å². The van der Waals surface area contributed by atoms with E-state index in [1.54, 1.807) is 0 Å². The van der Waals surface area contributed by atoms with Crippen LogP contribution in [0.1, 0.15) is 42.5 Å². The van der Waals surface area contributed by atoms with Crippen molar-refractivity contribution in [3.05, 3.63) is 66.2 Å². The van der Waals surface area contributed by atoms with E-state index in [0.29, 0.717) is 11.5 Å². The Hall–Kier alpha value is -2.61. The van der Waals surface area contributed by atoms with Gasteiger partial charge in [-0.2, -0.15) is 0 Å². The lowest BCUT2D eigenvalue weighted by Crippen LogP contribution is -2.15. The zero-order chi connectivity index (χ0) is 17.8. The molecule has 0 amide bonds. The van der Waals surface area contributed by atoms with E-state index in [1.165, 1.54) is 42.9 Å². The summed E-state index contributed by atoms with van der Waals surface area (Å²) in [4.78, 5) is 11.3. The summed E-state index contributed by atoms with van der Waals surface area (Å²) in [5.74, 6) is 1.52. The first kappa shape index (κ1) is 16.8. The summed E-state index contributed by atoms with van der Waals surface area (Å²) in [6.45, 7) is 0.765. The van der Waals surface area contributed by atoms with Gasteiger partial charge in [-0.1, -0.05) is 55.7 Å². The van der Waals surface area contributed by atoms with E-state index in [1.807, 2.05) is 24.3 Å². The highest BCUT2D eigenvalue weighted by atomic mass is 16.5. The molecule has 3 aromatic rings. The van der Waals surface area contributed by atoms with Gasteiger partial charge >= 0.3 is 0 Å². The van der Waals surface area contributed by atoms with Gasteiger partial charge < -0.3 is 4.74 Å². The number of rotatable bonds is 5. The average molecular weight is 344 g/mol. The van der Waals surface area contributed by atoms with Gasteiger partial charge in [0.25, 0.3) is 0 Å². The zero-order valence-electron chi connectivity index (χ0n) is 15.0. The van der Waals surface area contributed by atoms with Crippen molar-refractivity contribution in [3.63, 3.8) is 0 Å². The predicted molar refractivity (Wildman–Crippen MR) is 107 cm³/mol. The molecule has 132 valence electrons. The van der Waals surface area contributed by atoms with E-state index < -0.39 is 0 Å². The molecule has 0 aliphatic heterocycles. The molecular weight excluding hydrogens is 320 g/mol. The molecule has 0 N–H and O–H groups in total. The van der Waals surface area contributed by atoms with E-state index in [2.05, 4.69) is 36.4 Å². The summed E-state index contributed by atoms with van der Waals surface area (Å²) < 4.78 is 6.23. The molecule has 0 unspecified atom stereocenters. The predicted octanol–water partition coefficient (Wildman–Crippen LogP) is 6.28. The van der Waals surface area contributed by atoms with E-state index in [4.69, 9.17) is 4.74 Å². The lowest BCUT2D eigenvalue weighted by Gasteiger charge is -2.22. The maximum Gasteiger partial charge on any atom is 0.150 e. The fourth-order valence-corrected chi connectivity index (χ4v) is 3.89. The molecule has 1 aliphatic rings. The van der Waals surface area contributed by atoms with E-state index in [0.717, 1.165) is 29.8 Å². The van der Waals surface area contributed by atoms with Crippen LogP contribution >= 0.6 is 0 Å². The highest BCUT2D eigenvalue weighted by molar-refractivity contribution is 5.89. The van der Waals surface area contributed by atoms with Gasteiger partial charge in [0, 0.05) is 11.1 Å². The van der Waals surface area contributed by atoms with Crippen LogP contribution in [0.15, 0.2) is 60.7 Å². The van der Waals surface area contributed by atoms with Crippen LogP contribution in [0.2, 0.25) is 0 Å². The molecule has 0 radical (unpaired) electrons. The van der Waals surface area contributed by atoms with Crippen LogP contribution in [0.5, 0.6) is 5.75 Å². The summed E-state index contributed by atoms with van der Waals surface area (Å²) in [6.07, 6.45) is 7.41. The molecule has 1 aliphatic carbocycles. The highest BCUT2D eigenvalue weighted by Crippen LogP contribution is 2.34. The first-order chi connectivity index (χ1) is 12.8. The largest absolute Gasteiger partial charge is 0.493 e. The SMILES string of the molecule is O=Cc1ccc(OCC2CCCCC2)c(-c2ccc3ccccc3c2)c1. The van der Waals surface area contributed by atoms with Gasteiger partial charge in [-0.25, -0.2) is 0 Å². The second-order valence-electron chi connectivity index (χ2n) is 7.25. The molecule has 2 heteroatoms. The molecule has 0 saturated heterocycles. The molecule has 0 aromatic heterocycles. The van der Waals surface area contributed by atoms with Crippen LogP contribution in [-0.2, 0) is 0 Å². The first-order valence-corrected chi connectivity index (χ1v) is 9.55. The molecule has 4 rings (SSSR count). The second kappa shape index (κ2) is 7.74. The van der Waals surface area contributed by atoms with Gasteiger partial charge in [0.15, 0.2) is 0 Å². The monoisotopic (exact) mass is 344 g/mol. The Morgan fingerprint density at radius 3 is 2.50 bits per heavy atom. The molecule has 26 heavy (non-hydrogen) atoms. The smallest absolute Gasteiger partial charge is 0.150 e. The van der Waals surface area contributed by atoms with Crippen LogP contribution in [0.4, 0.5) is 0 Å². The Morgan fingerprint density at radius 1 is 0.885 bits per heavy atom. The Bertz CT molecular complexity index is 907. The third-order valence-corrected chi connectivity index (χ3v) is 5.40. The lowest BCUT2D eigenvalue weighted by molar-refractivity contribution is 0.112. The molecule has 0 bridgehead atoms. The number of ether oxygens (including phenoxy) is 1. The Kier molecular flexibility index (Phi) is 5.01. The summed E-state index contributed by atoms with van der Waals surface area (Å²) in [5.41, 5.74) is 2.76. The highest BCUT2D eigenvalue weighted by Gasteiger charge is 2.16. The molecular formula is C24H24O2. The Morgan fingerprint density at radius 2 is 1.69 bits per heavy atom. The van der Waals surface area contributed by atoms with Gasteiger partial charge in [-0.15, -0.1) is 0 Å². The minimum absolute atomic E-state index is 0.652. The van der Waals surface area contributed by atoms with Crippen molar-refractivity contribution in [1.82, 2.24) is 0 Å². The molecule has 1 saturated carbocycles. The molecule has 2 nitrogen and oxygen atoms in total. The minimum atomic E-state index is 0.652. The Labute approximate surface area is 154 Å². The van der Waals surface area contributed by atoms with E-state index in [9.17, 15) is 4.79 Å². The number of hydrogen-bond acceptors (Lipinski definition) is 2. The first-order valence-electron chi connectivity index (χ1n) is 9.55. The normalized spacial score (nSPS) is 15.1. The van der Waals surface area contributed by atoms with Crippen molar-refractivity contribution < 1.29 is 9.53 Å². The van der Waals surface area contributed by atoms with Gasteiger partial charge in [-0.3, -0.25) is 4.79 Å². The van der Waals surface area contributed by atoms with Crippen LogP contribution in [-0.4, -0.2) is 12.9 Å². The standard InChI is InChI=1S/C24H24O2/c25-16-19-10-13-24(26-17-18-6-2-1-3-7-18)23(14-19)22-12-11-20-8-4-5-9-21(20)15-22/h4-5,8-16,18H,1-3,6-7,17H2. The number of carbonyl (C=O) groups is 1. The quantitative estimate of drug-likeness (QED) is 0.509. The number of fused-ring (bicyclic) bond motifs is 1. The zero-order valence-corrected chi connectivity index (χ0v) is 15.0. The fourth-order valence-electron chi connectivity index (χ4n) is 3.89. The summed E-state index contributed by atoms with van der Waals surface area (Å²) in [6, 6.07) is 20.5. The van der Waals surface area contributed by atoms with Gasteiger partial charge in [0.2, 0.25) is 0 Å². The van der Waals surface area contributed by atoms with Crippen molar-refractivity contribution in [1.29, 1.82) is 0 Å². The van der Waals surface area contributed by atoms with Gasteiger partial charge in [0.1, 0.15) is 12.0 Å².